The second kappa shape index (κ2) is 5.86. The summed E-state index contributed by atoms with van der Waals surface area (Å²) in [5.41, 5.74) is 5.87. The molecule has 0 spiro atoms. The van der Waals surface area contributed by atoms with Crippen LogP contribution < -0.4 is 5.73 Å². The lowest BCUT2D eigenvalue weighted by Gasteiger charge is -2.33. The SMILES string of the molecule is CC(C)CCC(C)N(C)C(CN)C1CC1. The van der Waals surface area contributed by atoms with Crippen molar-refractivity contribution in [2.24, 2.45) is 17.6 Å². The molecule has 0 aromatic rings. The summed E-state index contributed by atoms with van der Waals surface area (Å²) < 4.78 is 0. The Kier molecular flexibility index (Phi) is 5.07. The van der Waals surface area contributed by atoms with Crippen LogP contribution in [0.4, 0.5) is 0 Å². The average molecular weight is 212 g/mol. The third kappa shape index (κ3) is 4.12. The number of rotatable bonds is 7. The van der Waals surface area contributed by atoms with Crippen LogP contribution in [0.3, 0.4) is 0 Å². The van der Waals surface area contributed by atoms with Gasteiger partial charge in [-0.25, -0.2) is 0 Å². The maximum atomic E-state index is 5.87. The molecule has 0 heterocycles. The number of hydrogen-bond donors (Lipinski definition) is 1. The molecule has 90 valence electrons. The lowest BCUT2D eigenvalue weighted by molar-refractivity contribution is 0.157. The van der Waals surface area contributed by atoms with Gasteiger partial charge in [0.05, 0.1) is 0 Å². The van der Waals surface area contributed by atoms with Gasteiger partial charge in [0, 0.05) is 18.6 Å². The molecule has 0 radical (unpaired) electrons. The Morgan fingerprint density at radius 2 is 1.80 bits per heavy atom. The van der Waals surface area contributed by atoms with Crippen molar-refractivity contribution in [3.8, 4) is 0 Å². The van der Waals surface area contributed by atoms with E-state index in [0.29, 0.717) is 12.1 Å². The summed E-state index contributed by atoms with van der Waals surface area (Å²) >= 11 is 0. The van der Waals surface area contributed by atoms with Crippen LogP contribution in [-0.2, 0) is 0 Å². The summed E-state index contributed by atoms with van der Waals surface area (Å²) in [7, 11) is 2.25. The summed E-state index contributed by atoms with van der Waals surface area (Å²) in [6.07, 6.45) is 5.41. The van der Waals surface area contributed by atoms with E-state index in [1.807, 2.05) is 0 Å². The topological polar surface area (TPSA) is 29.3 Å². The van der Waals surface area contributed by atoms with E-state index in [2.05, 4.69) is 32.7 Å². The molecule has 1 saturated carbocycles. The summed E-state index contributed by atoms with van der Waals surface area (Å²) in [4.78, 5) is 2.51. The first-order chi connectivity index (χ1) is 7.06. The zero-order valence-electron chi connectivity index (χ0n) is 10.9. The molecule has 2 N–H and O–H groups in total. The Morgan fingerprint density at radius 1 is 1.20 bits per heavy atom. The predicted octanol–water partition coefficient (Wildman–Crippen LogP) is 2.48. The highest BCUT2D eigenvalue weighted by molar-refractivity contribution is 4.89. The largest absolute Gasteiger partial charge is 0.329 e. The van der Waals surface area contributed by atoms with E-state index in [-0.39, 0.29) is 0 Å². The van der Waals surface area contributed by atoms with Crippen molar-refractivity contribution < 1.29 is 0 Å². The lowest BCUT2D eigenvalue weighted by Crippen LogP contribution is -2.44. The van der Waals surface area contributed by atoms with Crippen molar-refractivity contribution >= 4 is 0 Å². The van der Waals surface area contributed by atoms with E-state index in [0.717, 1.165) is 18.4 Å². The van der Waals surface area contributed by atoms with Crippen LogP contribution in [0.5, 0.6) is 0 Å². The zero-order chi connectivity index (χ0) is 11.4. The van der Waals surface area contributed by atoms with Crippen molar-refractivity contribution in [1.29, 1.82) is 0 Å². The number of hydrogen-bond acceptors (Lipinski definition) is 2. The van der Waals surface area contributed by atoms with Gasteiger partial charge in [-0.15, -0.1) is 0 Å². The van der Waals surface area contributed by atoms with Crippen molar-refractivity contribution in [2.45, 2.75) is 58.5 Å². The monoisotopic (exact) mass is 212 g/mol. The van der Waals surface area contributed by atoms with Crippen LogP contribution in [0.1, 0.15) is 46.5 Å². The minimum Gasteiger partial charge on any atom is -0.329 e. The molecule has 1 rings (SSSR count). The number of likely N-dealkylation sites (N-methyl/N-ethyl adjacent to an activating group) is 1. The van der Waals surface area contributed by atoms with Gasteiger partial charge in [0.25, 0.3) is 0 Å². The first kappa shape index (κ1) is 13.0. The van der Waals surface area contributed by atoms with E-state index in [4.69, 9.17) is 5.73 Å². The molecule has 2 heteroatoms. The summed E-state index contributed by atoms with van der Waals surface area (Å²) in [6, 6.07) is 1.31. The number of nitrogens with zero attached hydrogens (tertiary/aromatic N) is 1. The van der Waals surface area contributed by atoms with Gasteiger partial charge < -0.3 is 5.73 Å². The van der Waals surface area contributed by atoms with Crippen molar-refractivity contribution in [1.82, 2.24) is 4.90 Å². The standard InChI is InChI=1S/C13H28N2/c1-10(2)5-6-11(3)15(4)13(9-14)12-7-8-12/h10-13H,5-9,14H2,1-4H3. The predicted molar refractivity (Wildman–Crippen MR) is 66.9 cm³/mol. The smallest absolute Gasteiger partial charge is 0.0246 e. The highest BCUT2D eigenvalue weighted by Gasteiger charge is 2.34. The van der Waals surface area contributed by atoms with Gasteiger partial charge in [-0.3, -0.25) is 4.90 Å². The van der Waals surface area contributed by atoms with Crippen molar-refractivity contribution in [2.75, 3.05) is 13.6 Å². The Balaban J connectivity index is 2.32. The summed E-state index contributed by atoms with van der Waals surface area (Å²) in [5.74, 6) is 1.71. The molecular formula is C13H28N2. The Morgan fingerprint density at radius 3 is 2.20 bits per heavy atom. The van der Waals surface area contributed by atoms with Gasteiger partial charge in [0.2, 0.25) is 0 Å². The molecule has 1 aliphatic carbocycles. The third-order valence-corrected chi connectivity index (χ3v) is 3.79. The van der Waals surface area contributed by atoms with Crippen LogP contribution in [0.15, 0.2) is 0 Å². The zero-order valence-corrected chi connectivity index (χ0v) is 10.9. The van der Waals surface area contributed by atoms with Gasteiger partial charge in [-0.05, 0) is 51.5 Å². The summed E-state index contributed by atoms with van der Waals surface area (Å²) in [6.45, 7) is 7.77. The molecule has 0 amide bonds. The van der Waals surface area contributed by atoms with E-state index in [1.165, 1.54) is 25.7 Å². The quantitative estimate of drug-likeness (QED) is 0.702. The molecule has 0 aromatic heterocycles. The fourth-order valence-electron chi connectivity index (χ4n) is 2.28. The molecule has 1 fully saturated rings. The Bertz CT molecular complexity index is 175. The molecule has 0 aliphatic heterocycles. The van der Waals surface area contributed by atoms with Gasteiger partial charge in [0.1, 0.15) is 0 Å². The minimum absolute atomic E-state index is 0.632. The molecule has 1 aliphatic rings. The second-order valence-corrected chi connectivity index (χ2v) is 5.63. The second-order valence-electron chi connectivity index (χ2n) is 5.63. The van der Waals surface area contributed by atoms with E-state index < -0.39 is 0 Å². The summed E-state index contributed by atoms with van der Waals surface area (Å²) in [5, 5.41) is 0. The van der Waals surface area contributed by atoms with Crippen LogP contribution >= 0.6 is 0 Å². The Hall–Kier alpha value is -0.0800. The average Bonchev–Trinajstić information content (AvgIpc) is 2.99. The lowest BCUT2D eigenvalue weighted by atomic mass is 10.0. The van der Waals surface area contributed by atoms with Gasteiger partial charge in [-0.2, -0.15) is 0 Å². The van der Waals surface area contributed by atoms with Gasteiger partial charge in [0.15, 0.2) is 0 Å². The van der Waals surface area contributed by atoms with Gasteiger partial charge in [-0.1, -0.05) is 13.8 Å². The fraction of sp³-hybridized carbons (Fsp3) is 1.00. The minimum atomic E-state index is 0.632. The fourth-order valence-corrected chi connectivity index (χ4v) is 2.28. The van der Waals surface area contributed by atoms with Crippen molar-refractivity contribution in [3.05, 3.63) is 0 Å². The van der Waals surface area contributed by atoms with Crippen LogP contribution in [0.25, 0.3) is 0 Å². The first-order valence-electron chi connectivity index (χ1n) is 6.48. The first-order valence-corrected chi connectivity index (χ1v) is 6.48. The van der Waals surface area contributed by atoms with Crippen LogP contribution in [0.2, 0.25) is 0 Å². The molecule has 2 nitrogen and oxygen atoms in total. The van der Waals surface area contributed by atoms with E-state index >= 15 is 0 Å². The molecule has 0 aromatic carbocycles. The molecule has 0 saturated heterocycles. The normalized spacial score (nSPS) is 21.0. The molecule has 2 atom stereocenters. The molecular weight excluding hydrogens is 184 g/mol. The van der Waals surface area contributed by atoms with Crippen LogP contribution in [0, 0.1) is 11.8 Å². The molecule has 2 unspecified atom stereocenters. The Labute approximate surface area is 95.2 Å². The highest BCUT2D eigenvalue weighted by Crippen LogP contribution is 2.35. The maximum absolute atomic E-state index is 5.87. The third-order valence-electron chi connectivity index (χ3n) is 3.79. The van der Waals surface area contributed by atoms with E-state index in [1.54, 1.807) is 0 Å². The molecule has 15 heavy (non-hydrogen) atoms. The molecule has 0 bridgehead atoms. The van der Waals surface area contributed by atoms with E-state index in [9.17, 15) is 0 Å². The van der Waals surface area contributed by atoms with Gasteiger partial charge >= 0.3 is 0 Å². The number of nitrogens with two attached hydrogens (primary N) is 1. The van der Waals surface area contributed by atoms with Crippen LogP contribution in [-0.4, -0.2) is 30.6 Å². The highest BCUT2D eigenvalue weighted by atomic mass is 15.2. The van der Waals surface area contributed by atoms with Crippen molar-refractivity contribution in [3.63, 3.8) is 0 Å². The maximum Gasteiger partial charge on any atom is 0.0246 e.